The van der Waals surface area contributed by atoms with Gasteiger partial charge in [-0.2, -0.15) is 8.42 Å². The molecule has 0 saturated carbocycles. The first-order valence-electron chi connectivity index (χ1n) is 25.8. The molecule has 0 unspecified atom stereocenters. The predicted molar refractivity (Wildman–Crippen MR) is 285 cm³/mol. The minimum atomic E-state index is -4.27. The third kappa shape index (κ3) is 42.1. The molecule has 23 heteroatoms. The Morgan fingerprint density at radius 3 is 1.01 bits per heavy atom. The number of nitrogens with two attached hydrogens (primary N) is 2. The number of carbonyl (C=O) groups is 6. The highest BCUT2D eigenvalue weighted by Gasteiger charge is 2.23. The van der Waals surface area contributed by atoms with Crippen LogP contribution in [0.4, 0.5) is 0 Å². The summed E-state index contributed by atoms with van der Waals surface area (Å²) in [5.41, 5.74) is 16.9. The van der Waals surface area contributed by atoms with Crippen LogP contribution in [0, 0.1) is 31.6 Å². The van der Waals surface area contributed by atoms with Crippen molar-refractivity contribution in [2.24, 2.45) is 29.2 Å². The smallest absolute Gasteiger partial charge is 0.365 e. The van der Waals surface area contributed by atoms with Crippen LogP contribution in [0.1, 0.15) is 150 Å². The van der Waals surface area contributed by atoms with Crippen molar-refractivity contribution >= 4 is 56.1 Å². The molecule has 0 radical (unpaired) electrons. The van der Waals surface area contributed by atoms with Crippen molar-refractivity contribution in [2.45, 2.75) is 181 Å². The molecular weight excluding hydrogens is 1030 g/mol. The second kappa shape index (κ2) is 44.0. The molecule has 0 aliphatic carbocycles. The number of esters is 6. The summed E-state index contributed by atoms with van der Waals surface area (Å²) in [5, 5.41) is 0. The van der Waals surface area contributed by atoms with Crippen LogP contribution in [0.5, 0.6) is 0 Å². The van der Waals surface area contributed by atoms with E-state index < -0.39 is 44.3 Å². The van der Waals surface area contributed by atoms with E-state index in [4.69, 9.17) is 44.4 Å². The Morgan fingerprint density at radius 1 is 0.487 bits per heavy atom. The molecule has 2 aromatic rings. The van der Waals surface area contributed by atoms with Crippen molar-refractivity contribution < 1.29 is 88.9 Å². The van der Waals surface area contributed by atoms with E-state index in [9.17, 15) is 50.2 Å². The minimum Gasteiger partial charge on any atom is -0.744 e. The van der Waals surface area contributed by atoms with E-state index >= 15 is 0 Å². The summed E-state index contributed by atoms with van der Waals surface area (Å²) in [4.78, 5) is 67.6. The van der Waals surface area contributed by atoms with Gasteiger partial charge in [-0.05, 0) is 88.5 Å². The standard InChI is InChI=1S/3C13H25NO4.2C7H8O3S/c3*1-4-5-8-17-11(15)7-6-9-18-13(16)12(14)10(2)3;2*1-6-2-4-7(5-3-6)11(8,9)10/h3*10,12H,4-9,14H2,1-3H3;2*2-5H,1H3,(H,8,9,10)/t3*12-;;/m000../s1. The van der Waals surface area contributed by atoms with E-state index in [2.05, 4.69) is 5.73 Å². The molecule has 0 spiro atoms. The van der Waals surface area contributed by atoms with Gasteiger partial charge in [0.2, 0.25) is 0 Å². The van der Waals surface area contributed by atoms with Crippen LogP contribution >= 0.6 is 0 Å². The van der Waals surface area contributed by atoms with Gasteiger partial charge in [0.15, 0.2) is 6.04 Å². The van der Waals surface area contributed by atoms with Gasteiger partial charge in [-0.1, -0.05) is 117 Å². The third-order valence-electron chi connectivity index (χ3n) is 10.3. The fraction of sp³-hybridized carbons (Fsp3) is 0.660. The first-order valence-corrected chi connectivity index (χ1v) is 28.7. The van der Waals surface area contributed by atoms with E-state index in [0.717, 1.165) is 49.7 Å². The first kappa shape index (κ1) is 75.2. The number of rotatable bonds is 29. The van der Waals surface area contributed by atoms with E-state index in [1.807, 2.05) is 76.2 Å². The summed E-state index contributed by atoms with van der Waals surface area (Å²) in [5.74, 6) is -1.57. The first-order chi connectivity index (χ1) is 35.5. The van der Waals surface area contributed by atoms with E-state index in [1.54, 1.807) is 24.3 Å². The van der Waals surface area contributed by atoms with Gasteiger partial charge in [0, 0.05) is 25.2 Å². The number of hydrogen-bond acceptors (Lipinski definition) is 19. The van der Waals surface area contributed by atoms with Crippen molar-refractivity contribution in [2.75, 3.05) is 39.6 Å². The molecule has 0 amide bonds. The molecule has 0 heterocycles. The molecule has 0 aliphatic rings. The monoisotopic (exact) mass is 1120 g/mol. The van der Waals surface area contributed by atoms with Crippen LogP contribution in [0.25, 0.3) is 0 Å². The maximum Gasteiger partial charge on any atom is 0.365 e. The zero-order valence-corrected chi connectivity index (χ0v) is 48.5. The second-order valence-corrected chi connectivity index (χ2v) is 21.3. The van der Waals surface area contributed by atoms with Gasteiger partial charge in [-0.3, -0.25) is 28.5 Å². The van der Waals surface area contributed by atoms with Gasteiger partial charge in [0.05, 0.1) is 49.4 Å². The Kier molecular flexibility index (Phi) is 43.5. The summed E-state index contributed by atoms with van der Waals surface area (Å²) in [7, 11) is -8.29. The summed E-state index contributed by atoms with van der Waals surface area (Å²) in [6.07, 6.45) is 7.93. The Bertz CT molecular complexity index is 1940. The van der Waals surface area contributed by atoms with Gasteiger partial charge in [-0.25, -0.2) is 13.2 Å². The largest absolute Gasteiger partial charge is 0.744 e. The molecular formula is C53H91N3O18S2. The Hall–Kier alpha value is -5.04. The lowest BCUT2D eigenvalue weighted by atomic mass is 10.1. The SMILES string of the molecule is CCCCOC(=O)CCCOC(=O)[C@@H](N)C(C)C.CCCCOC(=O)CCCOC(=O)[C@@H](N)C(C)C.CCCCOC(=O)CCCOC(=O)[C@@H]([NH3+])C(C)C.Cc1ccc(S(=O)(=O)O)cc1.Cc1ccc(S(=O)(=O)[O-])cc1. The van der Waals surface area contributed by atoms with E-state index in [0.29, 0.717) is 45.5 Å². The topological polar surface area (TPSA) is 349 Å². The van der Waals surface area contributed by atoms with Crippen LogP contribution in [0.2, 0.25) is 0 Å². The molecule has 0 fully saturated rings. The quantitative estimate of drug-likeness (QED) is 0.0299. The molecule has 76 heavy (non-hydrogen) atoms. The summed E-state index contributed by atoms with van der Waals surface area (Å²) >= 11 is 0. The van der Waals surface area contributed by atoms with Crippen LogP contribution in [0.15, 0.2) is 58.3 Å². The summed E-state index contributed by atoms with van der Waals surface area (Å²) in [6, 6.07) is 10.2. The van der Waals surface area contributed by atoms with Crippen molar-refractivity contribution in [3.63, 3.8) is 0 Å². The van der Waals surface area contributed by atoms with Crippen LogP contribution in [0.3, 0.4) is 0 Å². The number of hydrogen-bond donors (Lipinski definition) is 4. The molecule has 0 aromatic heterocycles. The van der Waals surface area contributed by atoms with Gasteiger partial charge < -0.3 is 50.2 Å². The molecule has 0 aliphatic heterocycles. The molecule has 8 N–H and O–H groups in total. The fourth-order valence-electron chi connectivity index (χ4n) is 4.91. The predicted octanol–water partition coefficient (Wildman–Crippen LogP) is 6.33. The third-order valence-corrected chi connectivity index (χ3v) is 12.0. The lowest BCUT2D eigenvalue weighted by Gasteiger charge is -2.14. The van der Waals surface area contributed by atoms with Crippen molar-refractivity contribution in [3.05, 3.63) is 59.7 Å². The molecule has 21 nitrogen and oxygen atoms in total. The second-order valence-electron chi connectivity index (χ2n) is 18.5. The lowest BCUT2D eigenvalue weighted by Crippen LogP contribution is -2.67. The number of ether oxygens (including phenoxy) is 6. The summed E-state index contributed by atoms with van der Waals surface area (Å²) in [6.45, 7) is 23.1. The van der Waals surface area contributed by atoms with Crippen LogP contribution in [-0.2, 0) is 77.4 Å². The maximum atomic E-state index is 11.4. The zero-order valence-electron chi connectivity index (χ0n) is 46.9. The van der Waals surface area contributed by atoms with Gasteiger partial charge in [-0.15, -0.1) is 0 Å². The average Bonchev–Trinajstić information content (AvgIpc) is 3.35. The number of benzene rings is 2. The number of unbranched alkanes of at least 4 members (excludes halogenated alkanes) is 3. The number of carbonyl (C=O) groups excluding carboxylic acids is 6. The number of quaternary nitrogens is 1. The summed E-state index contributed by atoms with van der Waals surface area (Å²) < 4.78 is 90.6. The van der Waals surface area contributed by atoms with Gasteiger partial charge in [0.1, 0.15) is 22.2 Å². The van der Waals surface area contributed by atoms with E-state index in [-0.39, 0.29) is 90.1 Å². The van der Waals surface area contributed by atoms with Gasteiger partial charge >= 0.3 is 35.8 Å². The Balaban J connectivity index is -0.000000889. The minimum absolute atomic E-state index is 0.0523. The Morgan fingerprint density at radius 2 is 0.763 bits per heavy atom. The van der Waals surface area contributed by atoms with Crippen molar-refractivity contribution in [1.29, 1.82) is 0 Å². The van der Waals surface area contributed by atoms with Crippen molar-refractivity contribution in [1.82, 2.24) is 0 Å². The van der Waals surface area contributed by atoms with Crippen LogP contribution < -0.4 is 17.2 Å². The molecule has 0 bridgehead atoms. The Labute approximate surface area is 452 Å². The number of aryl methyl sites for hydroxylation is 2. The van der Waals surface area contributed by atoms with E-state index in [1.165, 1.54) is 24.3 Å². The lowest BCUT2D eigenvalue weighted by molar-refractivity contribution is -0.418. The van der Waals surface area contributed by atoms with Crippen LogP contribution in [-0.4, -0.2) is 120 Å². The van der Waals surface area contributed by atoms with Gasteiger partial charge in [0.25, 0.3) is 10.1 Å². The molecule has 0 saturated heterocycles. The molecule has 438 valence electrons. The van der Waals surface area contributed by atoms with Crippen molar-refractivity contribution in [3.8, 4) is 0 Å². The fourth-order valence-corrected chi connectivity index (χ4v) is 5.86. The normalized spacial score (nSPS) is 12.0. The highest BCUT2D eigenvalue weighted by atomic mass is 32.2. The molecule has 2 rings (SSSR count). The highest BCUT2D eigenvalue weighted by molar-refractivity contribution is 7.86. The maximum absolute atomic E-state index is 11.4. The molecule has 2 aromatic carbocycles. The highest BCUT2D eigenvalue weighted by Crippen LogP contribution is 2.10. The molecule has 3 atom stereocenters. The zero-order chi connectivity index (χ0) is 58.9. The average molecular weight is 1120 g/mol.